The fourth-order valence-corrected chi connectivity index (χ4v) is 4.25. The van der Waals surface area contributed by atoms with Crippen LogP contribution in [0, 0.1) is 5.92 Å². The van der Waals surface area contributed by atoms with Crippen molar-refractivity contribution in [3.05, 3.63) is 47.5 Å². The first-order chi connectivity index (χ1) is 12.6. The molecule has 5 nitrogen and oxygen atoms in total. The van der Waals surface area contributed by atoms with E-state index in [1.165, 1.54) is 0 Å². The second-order valence-corrected chi connectivity index (χ2v) is 7.17. The summed E-state index contributed by atoms with van der Waals surface area (Å²) in [6, 6.07) is 12.0. The SMILES string of the molecule is COc1ccc(-c2ccc3c(c2)C(=O)NCC2CN(C)CC32)c(OC)c1. The third-order valence-corrected chi connectivity index (χ3v) is 5.57. The van der Waals surface area contributed by atoms with Crippen molar-refractivity contribution in [2.24, 2.45) is 5.92 Å². The second kappa shape index (κ2) is 6.65. The minimum atomic E-state index is 0.0198. The number of carbonyl (C=O) groups is 1. The van der Waals surface area contributed by atoms with Crippen LogP contribution in [0.4, 0.5) is 0 Å². The van der Waals surface area contributed by atoms with Crippen LogP contribution in [0.2, 0.25) is 0 Å². The van der Waals surface area contributed by atoms with Gasteiger partial charge in [0.15, 0.2) is 0 Å². The van der Waals surface area contributed by atoms with E-state index >= 15 is 0 Å². The summed E-state index contributed by atoms with van der Waals surface area (Å²) in [4.78, 5) is 15.0. The number of hydrogen-bond donors (Lipinski definition) is 1. The molecule has 2 unspecified atom stereocenters. The average Bonchev–Trinajstić information content (AvgIpc) is 2.99. The third kappa shape index (κ3) is 2.82. The number of fused-ring (bicyclic) bond motifs is 3. The molecule has 0 saturated carbocycles. The van der Waals surface area contributed by atoms with Crippen LogP contribution >= 0.6 is 0 Å². The van der Waals surface area contributed by atoms with E-state index in [1.54, 1.807) is 14.2 Å². The number of rotatable bonds is 3. The lowest BCUT2D eigenvalue weighted by Gasteiger charge is -2.17. The molecule has 1 saturated heterocycles. The molecule has 136 valence electrons. The van der Waals surface area contributed by atoms with Gasteiger partial charge in [0.2, 0.25) is 0 Å². The first kappa shape index (κ1) is 16.9. The van der Waals surface area contributed by atoms with Gasteiger partial charge in [-0.05, 0) is 42.3 Å². The Morgan fingerprint density at radius 3 is 2.65 bits per heavy atom. The van der Waals surface area contributed by atoms with Crippen molar-refractivity contribution in [2.45, 2.75) is 5.92 Å². The monoisotopic (exact) mass is 352 g/mol. The van der Waals surface area contributed by atoms with E-state index in [1.807, 2.05) is 24.3 Å². The molecule has 1 N–H and O–H groups in total. The van der Waals surface area contributed by atoms with Gasteiger partial charge in [0, 0.05) is 42.7 Å². The average molecular weight is 352 g/mol. The molecule has 1 fully saturated rings. The zero-order valence-corrected chi connectivity index (χ0v) is 15.4. The van der Waals surface area contributed by atoms with Crippen molar-refractivity contribution in [1.82, 2.24) is 10.2 Å². The number of nitrogens with zero attached hydrogens (tertiary/aromatic N) is 1. The van der Waals surface area contributed by atoms with E-state index in [0.29, 0.717) is 11.8 Å². The maximum atomic E-state index is 12.7. The van der Waals surface area contributed by atoms with Crippen LogP contribution < -0.4 is 14.8 Å². The molecule has 0 radical (unpaired) electrons. The Balaban J connectivity index is 1.79. The molecule has 5 heteroatoms. The standard InChI is InChI=1S/C21H24N2O3/c1-23-11-14-10-22-21(24)18-8-13(4-6-17(18)19(14)12-23)16-7-5-15(25-2)9-20(16)26-3/h4-9,14,19H,10-12H2,1-3H3,(H,22,24). The highest BCUT2D eigenvalue weighted by molar-refractivity contribution is 5.98. The largest absolute Gasteiger partial charge is 0.497 e. The highest BCUT2D eigenvalue weighted by Crippen LogP contribution is 2.39. The van der Waals surface area contributed by atoms with E-state index in [9.17, 15) is 4.79 Å². The molecule has 2 atom stereocenters. The summed E-state index contributed by atoms with van der Waals surface area (Å²) in [5, 5.41) is 3.10. The zero-order chi connectivity index (χ0) is 18.3. The van der Waals surface area contributed by atoms with E-state index in [2.05, 4.69) is 29.4 Å². The summed E-state index contributed by atoms with van der Waals surface area (Å²) in [7, 11) is 5.43. The molecule has 0 spiro atoms. The fourth-order valence-electron chi connectivity index (χ4n) is 4.25. The smallest absolute Gasteiger partial charge is 0.251 e. The lowest BCUT2D eigenvalue weighted by atomic mass is 9.86. The molecule has 1 amide bonds. The van der Waals surface area contributed by atoms with E-state index in [0.717, 1.165) is 53.4 Å². The van der Waals surface area contributed by atoms with Gasteiger partial charge in [0.1, 0.15) is 11.5 Å². The van der Waals surface area contributed by atoms with E-state index in [4.69, 9.17) is 9.47 Å². The van der Waals surface area contributed by atoms with E-state index < -0.39 is 0 Å². The van der Waals surface area contributed by atoms with Crippen LogP contribution in [0.3, 0.4) is 0 Å². The van der Waals surface area contributed by atoms with Crippen LogP contribution in [-0.2, 0) is 0 Å². The third-order valence-electron chi connectivity index (χ3n) is 5.57. The molecule has 26 heavy (non-hydrogen) atoms. The predicted octanol–water partition coefficient (Wildman–Crippen LogP) is 2.76. The normalized spacial score (nSPS) is 22.2. The Morgan fingerprint density at radius 1 is 1.04 bits per heavy atom. The Labute approximate surface area is 153 Å². The quantitative estimate of drug-likeness (QED) is 0.923. The number of nitrogens with one attached hydrogen (secondary N) is 1. The minimum absolute atomic E-state index is 0.0198. The molecule has 0 aliphatic carbocycles. The first-order valence-electron chi connectivity index (χ1n) is 8.93. The maximum Gasteiger partial charge on any atom is 0.251 e. The summed E-state index contributed by atoms with van der Waals surface area (Å²) in [5.74, 6) is 2.38. The van der Waals surface area contributed by atoms with Gasteiger partial charge in [-0.25, -0.2) is 0 Å². The predicted molar refractivity (Wildman–Crippen MR) is 101 cm³/mol. The first-order valence-corrected chi connectivity index (χ1v) is 8.93. The van der Waals surface area contributed by atoms with Crippen molar-refractivity contribution in [3.8, 4) is 22.6 Å². The molecule has 0 aromatic heterocycles. The van der Waals surface area contributed by atoms with Crippen LogP contribution in [0.15, 0.2) is 36.4 Å². The van der Waals surface area contributed by atoms with Crippen LogP contribution in [0.5, 0.6) is 11.5 Å². The van der Waals surface area contributed by atoms with Crippen LogP contribution in [0.1, 0.15) is 21.8 Å². The van der Waals surface area contributed by atoms with Crippen LogP contribution in [0.25, 0.3) is 11.1 Å². The van der Waals surface area contributed by atoms with Gasteiger partial charge in [-0.2, -0.15) is 0 Å². The molecule has 2 heterocycles. The second-order valence-electron chi connectivity index (χ2n) is 7.17. The summed E-state index contributed by atoms with van der Waals surface area (Å²) in [6.45, 7) is 2.76. The van der Waals surface area contributed by atoms with Gasteiger partial charge in [0.25, 0.3) is 5.91 Å². The Morgan fingerprint density at radius 2 is 1.88 bits per heavy atom. The highest BCUT2D eigenvalue weighted by Gasteiger charge is 2.36. The van der Waals surface area contributed by atoms with Crippen LogP contribution in [-0.4, -0.2) is 51.7 Å². The van der Waals surface area contributed by atoms with Crippen molar-refractivity contribution < 1.29 is 14.3 Å². The molecule has 2 aliphatic heterocycles. The Bertz CT molecular complexity index is 849. The molecular formula is C21H24N2O3. The molecule has 2 aromatic carbocycles. The zero-order valence-electron chi connectivity index (χ0n) is 15.4. The van der Waals surface area contributed by atoms with Crippen molar-refractivity contribution in [3.63, 3.8) is 0 Å². The highest BCUT2D eigenvalue weighted by atomic mass is 16.5. The topological polar surface area (TPSA) is 50.8 Å². The fraction of sp³-hybridized carbons (Fsp3) is 0.381. The van der Waals surface area contributed by atoms with Gasteiger partial charge in [0.05, 0.1) is 14.2 Å². The van der Waals surface area contributed by atoms with E-state index in [-0.39, 0.29) is 5.91 Å². The van der Waals surface area contributed by atoms with Crippen molar-refractivity contribution in [1.29, 1.82) is 0 Å². The van der Waals surface area contributed by atoms with Gasteiger partial charge >= 0.3 is 0 Å². The van der Waals surface area contributed by atoms with Crippen molar-refractivity contribution in [2.75, 3.05) is 40.9 Å². The summed E-state index contributed by atoms with van der Waals surface area (Å²) < 4.78 is 10.8. The molecule has 2 aliphatic rings. The lowest BCUT2D eigenvalue weighted by Crippen LogP contribution is -2.29. The number of likely N-dealkylation sites (tertiary alicyclic amines) is 1. The van der Waals surface area contributed by atoms with Gasteiger partial charge in [-0.15, -0.1) is 0 Å². The number of amides is 1. The maximum absolute atomic E-state index is 12.7. The number of hydrogen-bond acceptors (Lipinski definition) is 4. The summed E-state index contributed by atoms with van der Waals surface area (Å²) in [6.07, 6.45) is 0. The van der Waals surface area contributed by atoms with Gasteiger partial charge < -0.3 is 19.7 Å². The number of benzene rings is 2. The number of likely N-dealkylation sites (N-methyl/N-ethyl adjacent to an activating group) is 1. The number of carbonyl (C=O) groups excluding carboxylic acids is 1. The Hall–Kier alpha value is -2.53. The number of ether oxygens (including phenoxy) is 2. The summed E-state index contributed by atoms with van der Waals surface area (Å²) in [5.41, 5.74) is 3.87. The molecule has 2 aromatic rings. The van der Waals surface area contributed by atoms with Crippen molar-refractivity contribution >= 4 is 5.91 Å². The molecular weight excluding hydrogens is 328 g/mol. The number of methoxy groups -OCH3 is 2. The van der Waals surface area contributed by atoms with Gasteiger partial charge in [-0.3, -0.25) is 4.79 Å². The summed E-state index contributed by atoms with van der Waals surface area (Å²) >= 11 is 0. The lowest BCUT2D eigenvalue weighted by molar-refractivity contribution is 0.0951. The molecule has 0 bridgehead atoms. The van der Waals surface area contributed by atoms with Gasteiger partial charge in [-0.1, -0.05) is 12.1 Å². The Kier molecular flexibility index (Phi) is 4.32. The molecule has 4 rings (SSSR count). The minimum Gasteiger partial charge on any atom is -0.497 e.